The van der Waals surface area contributed by atoms with E-state index in [0.717, 1.165) is 0 Å². The summed E-state index contributed by atoms with van der Waals surface area (Å²) in [6, 6.07) is 3.14. The molecule has 19 heavy (non-hydrogen) atoms. The number of aromatic nitrogens is 1. The van der Waals surface area contributed by atoms with Crippen molar-refractivity contribution in [1.29, 1.82) is 0 Å². The van der Waals surface area contributed by atoms with Gasteiger partial charge >= 0.3 is 0 Å². The van der Waals surface area contributed by atoms with Gasteiger partial charge in [0.15, 0.2) is 0 Å². The summed E-state index contributed by atoms with van der Waals surface area (Å²) in [5, 5.41) is 5.24. The lowest BCUT2D eigenvalue weighted by atomic mass is 10.1. The number of hydrogen-bond acceptors (Lipinski definition) is 5. The monoisotopic (exact) mass is 265 g/mol. The van der Waals surface area contributed by atoms with E-state index in [1.807, 2.05) is 20.8 Å². The number of nitrogens with one attached hydrogen (secondary N) is 3. The van der Waals surface area contributed by atoms with E-state index in [0.29, 0.717) is 5.69 Å². The number of hydrazine groups is 1. The first-order chi connectivity index (χ1) is 8.81. The van der Waals surface area contributed by atoms with Gasteiger partial charge in [0, 0.05) is 5.54 Å². The first-order valence-electron chi connectivity index (χ1n) is 5.84. The zero-order valence-corrected chi connectivity index (χ0v) is 11.3. The van der Waals surface area contributed by atoms with Gasteiger partial charge in [0.25, 0.3) is 5.91 Å². The molecule has 0 aromatic carbocycles. The van der Waals surface area contributed by atoms with E-state index < -0.39 is 5.91 Å². The predicted octanol–water partition coefficient (Wildman–Crippen LogP) is 0.0117. The second-order valence-electron chi connectivity index (χ2n) is 5.06. The number of nitrogens with two attached hydrogens (primary N) is 1. The standard InChI is InChI=1S/C12H19N5O2/c1-12(2,3)16-10(18)7-15-11(19)9-5-4-8(17-13)6-14-9/h4-6,17H,7,13H2,1-3H3,(H,15,19)(H,16,18). The van der Waals surface area contributed by atoms with Crippen LogP contribution in [0.1, 0.15) is 31.3 Å². The smallest absolute Gasteiger partial charge is 0.270 e. The molecule has 1 aromatic rings. The van der Waals surface area contributed by atoms with Crippen LogP contribution < -0.4 is 21.9 Å². The Balaban J connectivity index is 2.49. The van der Waals surface area contributed by atoms with Crippen molar-refractivity contribution in [3.05, 3.63) is 24.0 Å². The minimum atomic E-state index is -0.410. The van der Waals surface area contributed by atoms with Crippen molar-refractivity contribution in [1.82, 2.24) is 15.6 Å². The van der Waals surface area contributed by atoms with Crippen molar-refractivity contribution < 1.29 is 9.59 Å². The molecule has 1 heterocycles. The molecule has 0 bridgehead atoms. The van der Waals surface area contributed by atoms with Crippen molar-refractivity contribution in [2.45, 2.75) is 26.3 Å². The van der Waals surface area contributed by atoms with Crippen LogP contribution >= 0.6 is 0 Å². The van der Waals surface area contributed by atoms with Crippen LogP contribution in [0.3, 0.4) is 0 Å². The fourth-order valence-corrected chi connectivity index (χ4v) is 1.33. The SMILES string of the molecule is CC(C)(C)NC(=O)CNC(=O)c1ccc(NN)cn1. The molecule has 0 saturated heterocycles. The maximum atomic E-state index is 11.7. The minimum absolute atomic E-state index is 0.0886. The molecule has 0 aliphatic heterocycles. The second-order valence-corrected chi connectivity index (χ2v) is 5.06. The number of anilines is 1. The third-order valence-electron chi connectivity index (χ3n) is 2.09. The zero-order chi connectivity index (χ0) is 14.5. The molecule has 0 aliphatic rings. The summed E-state index contributed by atoms with van der Waals surface area (Å²) >= 11 is 0. The third-order valence-corrected chi connectivity index (χ3v) is 2.09. The number of nitrogens with zero attached hydrogens (tertiary/aromatic N) is 1. The fourth-order valence-electron chi connectivity index (χ4n) is 1.33. The number of rotatable bonds is 4. The fraction of sp³-hybridized carbons (Fsp3) is 0.417. The van der Waals surface area contributed by atoms with E-state index in [1.165, 1.54) is 12.3 Å². The molecule has 0 saturated carbocycles. The quantitative estimate of drug-likeness (QED) is 0.453. The average molecular weight is 265 g/mol. The largest absolute Gasteiger partial charge is 0.350 e. The van der Waals surface area contributed by atoms with Crippen molar-refractivity contribution in [2.75, 3.05) is 12.0 Å². The van der Waals surface area contributed by atoms with Crippen LogP contribution in [0.4, 0.5) is 5.69 Å². The Labute approximate surface area is 111 Å². The highest BCUT2D eigenvalue weighted by atomic mass is 16.2. The summed E-state index contributed by atoms with van der Waals surface area (Å²) in [5.74, 6) is 4.53. The Morgan fingerprint density at radius 2 is 2.00 bits per heavy atom. The van der Waals surface area contributed by atoms with Crippen LogP contribution in [0.2, 0.25) is 0 Å². The molecule has 0 unspecified atom stereocenters. The zero-order valence-electron chi connectivity index (χ0n) is 11.3. The molecule has 0 aliphatic carbocycles. The molecule has 104 valence electrons. The molecule has 7 nitrogen and oxygen atoms in total. The van der Waals surface area contributed by atoms with Crippen molar-refractivity contribution in [3.63, 3.8) is 0 Å². The lowest BCUT2D eigenvalue weighted by molar-refractivity contribution is -0.121. The molecule has 1 aromatic heterocycles. The lowest BCUT2D eigenvalue weighted by Crippen LogP contribution is -2.45. The topological polar surface area (TPSA) is 109 Å². The summed E-state index contributed by atoms with van der Waals surface area (Å²) in [5.41, 5.74) is 2.91. The average Bonchev–Trinajstić information content (AvgIpc) is 2.34. The molecule has 0 fully saturated rings. The Kier molecular flexibility index (Phi) is 4.82. The van der Waals surface area contributed by atoms with E-state index >= 15 is 0 Å². The Bertz CT molecular complexity index is 450. The second kappa shape index (κ2) is 6.14. The highest BCUT2D eigenvalue weighted by molar-refractivity contribution is 5.95. The van der Waals surface area contributed by atoms with Crippen molar-refractivity contribution in [2.24, 2.45) is 5.84 Å². The highest BCUT2D eigenvalue weighted by Gasteiger charge is 2.15. The maximum absolute atomic E-state index is 11.7. The number of carbonyl (C=O) groups is 2. The van der Waals surface area contributed by atoms with Gasteiger partial charge in [-0.3, -0.25) is 15.4 Å². The molecule has 7 heteroatoms. The Hall–Kier alpha value is -2.15. The highest BCUT2D eigenvalue weighted by Crippen LogP contribution is 2.03. The summed E-state index contributed by atoms with van der Waals surface area (Å²) in [6.45, 7) is 5.52. The van der Waals surface area contributed by atoms with Gasteiger partial charge in [-0.05, 0) is 32.9 Å². The van der Waals surface area contributed by atoms with Crippen LogP contribution in [0, 0.1) is 0 Å². The number of nitrogen functional groups attached to an aromatic ring is 1. The molecule has 5 N–H and O–H groups in total. The number of pyridine rings is 1. The summed E-state index contributed by atoms with van der Waals surface area (Å²) in [7, 11) is 0. The van der Waals surface area contributed by atoms with Crippen LogP contribution in [0.25, 0.3) is 0 Å². The summed E-state index contributed by atoms with van der Waals surface area (Å²) in [4.78, 5) is 27.1. The van der Waals surface area contributed by atoms with Gasteiger partial charge in [0.05, 0.1) is 18.4 Å². The van der Waals surface area contributed by atoms with Gasteiger partial charge < -0.3 is 16.1 Å². The number of amides is 2. The number of hydrogen-bond donors (Lipinski definition) is 4. The van der Waals surface area contributed by atoms with Crippen LogP contribution in [-0.2, 0) is 4.79 Å². The lowest BCUT2D eigenvalue weighted by Gasteiger charge is -2.20. The van der Waals surface area contributed by atoms with Gasteiger partial charge in [-0.25, -0.2) is 4.98 Å². The van der Waals surface area contributed by atoms with Gasteiger partial charge in [-0.1, -0.05) is 0 Å². The molecule has 0 radical (unpaired) electrons. The third kappa shape index (κ3) is 5.35. The van der Waals surface area contributed by atoms with Crippen LogP contribution in [-0.4, -0.2) is 28.9 Å². The van der Waals surface area contributed by atoms with Crippen molar-refractivity contribution >= 4 is 17.5 Å². The van der Waals surface area contributed by atoms with E-state index in [-0.39, 0.29) is 23.7 Å². The van der Waals surface area contributed by atoms with Crippen LogP contribution in [0.15, 0.2) is 18.3 Å². The maximum Gasteiger partial charge on any atom is 0.270 e. The van der Waals surface area contributed by atoms with Crippen LogP contribution in [0.5, 0.6) is 0 Å². The number of carbonyl (C=O) groups excluding carboxylic acids is 2. The molecule has 0 spiro atoms. The molecular formula is C12H19N5O2. The summed E-state index contributed by atoms with van der Waals surface area (Å²) < 4.78 is 0. The van der Waals surface area contributed by atoms with Gasteiger partial charge in [-0.2, -0.15) is 0 Å². The van der Waals surface area contributed by atoms with Gasteiger partial charge in [-0.15, -0.1) is 0 Å². The molecule has 0 atom stereocenters. The minimum Gasteiger partial charge on any atom is -0.350 e. The molecular weight excluding hydrogens is 246 g/mol. The molecule has 1 rings (SSSR count). The van der Waals surface area contributed by atoms with Crippen molar-refractivity contribution in [3.8, 4) is 0 Å². The Morgan fingerprint density at radius 1 is 1.32 bits per heavy atom. The first-order valence-corrected chi connectivity index (χ1v) is 5.84. The van der Waals surface area contributed by atoms with Gasteiger partial charge in [0.1, 0.15) is 5.69 Å². The Morgan fingerprint density at radius 3 is 2.47 bits per heavy atom. The van der Waals surface area contributed by atoms with Gasteiger partial charge in [0.2, 0.25) is 5.91 Å². The predicted molar refractivity (Wildman–Crippen MR) is 72.3 cm³/mol. The normalized spacial score (nSPS) is 10.7. The van der Waals surface area contributed by atoms with E-state index in [9.17, 15) is 9.59 Å². The van der Waals surface area contributed by atoms with E-state index in [2.05, 4.69) is 21.0 Å². The first kappa shape index (κ1) is 14.9. The van der Waals surface area contributed by atoms with E-state index in [4.69, 9.17) is 5.84 Å². The summed E-state index contributed by atoms with van der Waals surface area (Å²) in [6.07, 6.45) is 1.43. The molecule has 2 amide bonds. The van der Waals surface area contributed by atoms with E-state index in [1.54, 1.807) is 6.07 Å².